The molecule has 4 rings (SSSR count). The average molecular weight is 376 g/mol. The van der Waals surface area contributed by atoms with E-state index in [2.05, 4.69) is 0 Å². The van der Waals surface area contributed by atoms with Crippen molar-refractivity contribution in [1.29, 1.82) is 0 Å². The molecule has 1 heterocycles. The van der Waals surface area contributed by atoms with Gasteiger partial charge in [0.2, 0.25) is 0 Å². The van der Waals surface area contributed by atoms with Crippen LogP contribution in [0.1, 0.15) is 46.3 Å². The first-order valence-electron chi connectivity index (χ1n) is 9.75. The van der Waals surface area contributed by atoms with E-state index in [4.69, 9.17) is 9.47 Å². The highest BCUT2D eigenvalue weighted by atomic mass is 16.5. The second-order valence-electron chi connectivity index (χ2n) is 7.48. The van der Waals surface area contributed by atoms with Crippen LogP contribution in [0.2, 0.25) is 0 Å². The SMILES string of the molecule is CCOC(=O)C1=CC[C@H]2Oc3cc(C)c(C)cc3C(=O)[C@@H]2[C@@H]1c1ccccc1. The standard InChI is InChI=1S/C24H24O4/c1-4-27-24(26)17-10-11-19-22(21(17)16-8-6-5-7-9-16)23(25)18-12-14(2)15(3)13-20(18)28-19/h5-10,12-13,19,21-22H,4,11H2,1-3H3/t19-,21-,22+/m1/s1. The third-order valence-electron chi connectivity index (χ3n) is 5.78. The van der Waals surface area contributed by atoms with Gasteiger partial charge in [-0.25, -0.2) is 4.79 Å². The fraction of sp³-hybridized carbons (Fsp3) is 0.333. The molecule has 0 saturated heterocycles. The molecule has 144 valence electrons. The number of aryl methyl sites for hydroxylation is 2. The van der Waals surface area contributed by atoms with Gasteiger partial charge in [-0.15, -0.1) is 0 Å². The Morgan fingerprint density at radius 2 is 1.86 bits per heavy atom. The summed E-state index contributed by atoms with van der Waals surface area (Å²) in [4.78, 5) is 26.2. The van der Waals surface area contributed by atoms with Gasteiger partial charge < -0.3 is 9.47 Å². The third kappa shape index (κ3) is 3.03. The number of hydrogen-bond donors (Lipinski definition) is 0. The highest BCUT2D eigenvalue weighted by molar-refractivity contribution is 6.04. The van der Waals surface area contributed by atoms with E-state index in [-0.39, 0.29) is 23.8 Å². The molecule has 4 nitrogen and oxygen atoms in total. The fourth-order valence-corrected chi connectivity index (χ4v) is 4.26. The normalized spacial score (nSPS) is 23.2. The van der Waals surface area contributed by atoms with Gasteiger partial charge in [0.1, 0.15) is 11.9 Å². The van der Waals surface area contributed by atoms with Crippen molar-refractivity contribution in [2.24, 2.45) is 5.92 Å². The van der Waals surface area contributed by atoms with E-state index in [0.29, 0.717) is 29.9 Å². The molecule has 0 bridgehead atoms. The van der Waals surface area contributed by atoms with E-state index in [0.717, 1.165) is 16.7 Å². The van der Waals surface area contributed by atoms with E-state index in [1.54, 1.807) is 6.92 Å². The van der Waals surface area contributed by atoms with Crippen molar-refractivity contribution < 1.29 is 19.1 Å². The fourth-order valence-electron chi connectivity index (χ4n) is 4.26. The van der Waals surface area contributed by atoms with E-state index >= 15 is 0 Å². The second kappa shape index (κ2) is 7.27. The van der Waals surface area contributed by atoms with E-state index < -0.39 is 5.92 Å². The Bertz CT molecular complexity index is 958. The largest absolute Gasteiger partial charge is 0.489 e. The molecule has 0 aromatic heterocycles. The lowest BCUT2D eigenvalue weighted by atomic mass is 9.68. The van der Waals surface area contributed by atoms with E-state index in [1.807, 2.05) is 62.4 Å². The van der Waals surface area contributed by atoms with Gasteiger partial charge in [0.05, 0.1) is 18.1 Å². The molecule has 3 atom stereocenters. The molecule has 2 aromatic carbocycles. The number of carbonyl (C=O) groups excluding carboxylic acids is 2. The molecule has 0 amide bonds. The minimum Gasteiger partial charge on any atom is -0.489 e. The highest BCUT2D eigenvalue weighted by Gasteiger charge is 2.47. The Morgan fingerprint density at radius 3 is 2.57 bits per heavy atom. The first-order chi connectivity index (χ1) is 13.5. The number of ether oxygens (including phenoxy) is 2. The lowest BCUT2D eigenvalue weighted by molar-refractivity contribution is -0.139. The van der Waals surface area contributed by atoms with Crippen LogP contribution in [0, 0.1) is 19.8 Å². The number of hydrogen-bond acceptors (Lipinski definition) is 4. The van der Waals surface area contributed by atoms with Crippen LogP contribution in [-0.2, 0) is 9.53 Å². The summed E-state index contributed by atoms with van der Waals surface area (Å²) in [5.41, 5.74) is 4.25. The summed E-state index contributed by atoms with van der Waals surface area (Å²) >= 11 is 0. The maximum Gasteiger partial charge on any atom is 0.334 e. The molecule has 1 aliphatic carbocycles. The third-order valence-corrected chi connectivity index (χ3v) is 5.78. The maximum absolute atomic E-state index is 13.6. The highest BCUT2D eigenvalue weighted by Crippen LogP contribution is 2.46. The summed E-state index contributed by atoms with van der Waals surface area (Å²) in [5, 5.41) is 0. The van der Waals surface area contributed by atoms with Gasteiger partial charge in [-0.3, -0.25) is 4.79 Å². The van der Waals surface area contributed by atoms with Crippen molar-refractivity contribution in [3.8, 4) is 5.75 Å². The minimum atomic E-state index is -0.443. The monoisotopic (exact) mass is 376 g/mol. The van der Waals surface area contributed by atoms with Gasteiger partial charge >= 0.3 is 5.97 Å². The zero-order chi connectivity index (χ0) is 19.8. The molecular formula is C24H24O4. The maximum atomic E-state index is 13.6. The molecular weight excluding hydrogens is 352 g/mol. The van der Waals surface area contributed by atoms with Gasteiger partial charge in [0.15, 0.2) is 5.78 Å². The van der Waals surface area contributed by atoms with Crippen LogP contribution in [0.25, 0.3) is 0 Å². The van der Waals surface area contributed by atoms with Crippen LogP contribution in [0.3, 0.4) is 0 Å². The Labute approximate surface area is 165 Å². The van der Waals surface area contributed by atoms with Gasteiger partial charge in [0.25, 0.3) is 0 Å². The molecule has 2 aliphatic rings. The van der Waals surface area contributed by atoms with Crippen molar-refractivity contribution in [3.05, 3.63) is 76.4 Å². The molecule has 1 aliphatic heterocycles. The molecule has 28 heavy (non-hydrogen) atoms. The van der Waals surface area contributed by atoms with Gasteiger partial charge in [-0.05, 0) is 49.6 Å². The summed E-state index contributed by atoms with van der Waals surface area (Å²) in [6.45, 7) is 6.10. The second-order valence-corrected chi connectivity index (χ2v) is 7.48. The molecule has 0 fully saturated rings. The predicted molar refractivity (Wildman–Crippen MR) is 107 cm³/mol. The summed E-state index contributed by atoms with van der Waals surface area (Å²) < 4.78 is 11.6. The quantitative estimate of drug-likeness (QED) is 0.738. The number of rotatable bonds is 3. The Hall–Kier alpha value is -2.88. The van der Waals surface area contributed by atoms with E-state index in [9.17, 15) is 9.59 Å². The predicted octanol–water partition coefficient (Wildman–Crippen LogP) is 4.54. The van der Waals surface area contributed by atoms with Crippen LogP contribution in [0.5, 0.6) is 5.75 Å². The summed E-state index contributed by atoms with van der Waals surface area (Å²) in [6.07, 6.45) is 2.11. The van der Waals surface area contributed by atoms with Crippen molar-refractivity contribution in [2.45, 2.75) is 39.2 Å². The van der Waals surface area contributed by atoms with Gasteiger partial charge in [-0.2, -0.15) is 0 Å². The molecule has 0 radical (unpaired) electrons. The molecule has 0 unspecified atom stereocenters. The number of Topliss-reactive ketones (excluding diaryl/α,β-unsaturated/α-hetero) is 1. The summed E-state index contributed by atoms with van der Waals surface area (Å²) in [5.74, 6) is -0.483. The number of ketones is 1. The number of esters is 1. The Balaban J connectivity index is 1.82. The lowest BCUT2D eigenvalue weighted by Gasteiger charge is -2.40. The number of fused-ring (bicyclic) bond motifs is 2. The number of benzene rings is 2. The molecule has 0 N–H and O–H groups in total. The molecule has 0 saturated carbocycles. The van der Waals surface area contributed by atoms with Crippen LogP contribution in [0.4, 0.5) is 0 Å². The van der Waals surface area contributed by atoms with Gasteiger partial charge in [-0.1, -0.05) is 36.4 Å². The smallest absolute Gasteiger partial charge is 0.334 e. The lowest BCUT2D eigenvalue weighted by Crippen LogP contribution is -2.45. The molecule has 0 spiro atoms. The first kappa shape index (κ1) is 18.5. The zero-order valence-corrected chi connectivity index (χ0v) is 16.4. The summed E-state index contributed by atoms with van der Waals surface area (Å²) in [6, 6.07) is 13.6. The van der Waals surface area contributed by atoms with E-state index in [1.165, 1.54) is 0 Å². The van der Waals surface area contributed by atoms with Crippen molar-refractivity contribution in [3.63, 3.8) is 0 Å². The zero-order valence-electron chi connectivity index (χ0n) is 16.4. The van der Waals surface area contributed by atoms with Gasteiger partial charge in [0, 0.05) is 17.9 Å². The van der Waals surface area contributed by atoms with Crippen molar-refractivity contribution in [2.75, 3.05) is 6.61 Å². The van der Waals surface area contributed by atoms with Crippen LogP contribution in [-0.4, -0.2) is 24.5 Å². The van der Waals surface area contributed by atoms with Crippen LogP contribution in [0.15, 0.2) is 54.1 Å². The van der Waals surface area contributed by atoms with Crippen molar-refractivity contribution in [1.82, 2.24) is 0 Å². The molecule has 2 aromatic rings. The summed E-state index contributed by atoms with van der Waals surface area (Å²) in [7, 11) is 0. The Morgan fingerprint density at radius 1 is 1.14 bits per heavy atom. The van der Waals surface area contributed by atoms with Crippen LogP contribution < -0.4 is 4.74 Å². The number of carbonyl (C=O) groups is 2. The molecule has 4 heteroatoms. The average Bonchev–Trinajstić information content (AvgIpc) is 2.70. The Kier molecular flexibility index (Phi) is 4.80. The van der Waals surface area contributed by atoms with Crippen molar-refractivity contribution >= 4 is 11.8 Å². The minimum absolute atomic E-state index is 0.0399. The first-order valence-corrected chi connectivity index (χ1v) is 9.75. The van der Waals surface area contributed by atoms with Crippen LogP contribution >= 0.6 is 0 Å². The topological polar surface area (TPSA) is 52.6 Å².